The van der Waals surface area contributed by atoms with E-state index in [-0.39, 0.29) is 35.6 Å². The molecule has 0 saturated heterocycles. The largest absolute Gasteiger partial charge is 0.455 e. The first kappa shape index (κ1) is 14.8. The third-order valence-electron chi connectivity index (χ3n) is 4.45. The number of hydrogen-bond acceptors (Lipinski definition) is 5. The molecule has 1 aliphatic carbocycles. The Morgan fingerprint density at radius 1 is 1.35 bits per heavy atom. The molecule has 1 aliphatic rings. The molecule has 0 aliphatic heterocycles. The number of nitrogens with zero attached hydrogens (tertiary/aromatic N) is 1. The minimum absolute atomic E-state index is 0.0465. The van der Waals surface area contributed by atoms with Gasteiger partial charge in [0, 0.05) is 5.92 Å². The summed E-state index contributed by atoms with van der Waals surface area (Å²) < 4.78 is 10.6. The van der Waals surface area contributed by atoms with Gasteiger partial charge < -0.3 is 9.15 Å². The van der Waals surface area contributed by atoms with Crippen LogP contribution in [0.15, 0.2) is 4.42 Å². The molecule has 0 unspecified atom stereocenters. The third-order valence-corrected chi connectivity index (χ3v) is 4.45. The van der Waals surface area contributed by atoms with Crippen molar-refractivity contribution in [3.63, 3.8) is 0 Å². The Morgan fingerprint density at radius 3 is 2.45 bits per heavy atom. The van der Waals surface area contributed by atoms with E-state index in [1.165, 1.54) is 0 Å². The van der Waals surface area contributed by atoms with Crippen LogP contribution in [-0.2, 0) is 20.9 Å². The molecule has 0 amide bonds. The topological polar surface area (TPSA) is 69.4 Å². The van der Waals surface area contributed by atoms with E-state index >= 15 is 0 Å². The van der Waals surface area contributed by atoms with Crippen LogP contribution in [0.5, 0.6) is 0 Å². The van der Waals surface area contributed by atoms with Gasteiger partial charge in [0.25, 0.3) is 0 Å². The first-order valence-electron chi connectivity index (χ1n) is 6.83. The van der Waals surface area contributed by atoms with E-state index in [0.717, 1.165) is 11.5 Å². The van der Waals surface area contributed by atoms with Crippen molar-refractivity contribution in [3.05, 3.63) is 17.3 Å². The molecule has 0 N–H and O–H groups in total. The van der Waals surface area contributed by atoms with E-state index in [4.69, 9.17) is 9.15 Å². The normalized spacial score (nSPS) is 24.1. The van der Waals surface area contributed by atoms with Crippen LogP contribution in [0.2, 0.25) is 0 Å². The number of ether oxygens (including phenoxy) is 1. The zero-order chi connectivity index (χ0) is 15.1. The van der Waals surface area contributed by atoms with Crippen molar-refractivity contribution >= 4 is 11.8 Å². The highest BCUT2D eigenvalue weighted by Crippen LogP contribution is 2.52. The van der Waals surface area contributed by atoms with Crippen LogP contribution in [0, 0.1) is 31.1 Å². The molecule has 1 saturated carbocycles. The van der Waals surface area contributed by atoms with Gasteiger partial charge >= 0.3 is 5.97 Å². The highest BCUT2D eigenvalue weighted by atomic mass is 16.5. The molecule has 1 aromatic heterocycles. The lowest BCUT2D eigenvalue weighted by molar-refractivity contribution is -0.169. The van der Waals surface area contributed by atoms with Gasteiger partial charge in [0.2, 0.25) is 5.89 Å². The van der Waals surface area contributed by atoms with Crippen LogP contribution in [-0.4, -0.2) is 16.7 Å². The number of ketones is 1. The van der Waals surface area contributed by atoms with E-state index in [2.05, 4.69) is 4.98 Å². The summed E-state index contributed by atoms with van der Waals surface area (Å²) >= 11 is 0. The molecule has 5 heteroatoms. The van der Waals surface area contributed by atoms with Gasteiger partial charge in [-0.2, -0.15) is 0 Å². The van der Waals surface area contributed by atoms with Crippen molar-refractivity contribution < 1.29 is 18.7 Å². The molecular formula is C15H21NO4. The van der Waals surface area contributed by atoms with Gasteiger partial charge in [0.15, 0.2) is 6.61 Å². The molecular weight excluding hydrogens is 258 g/mol. The maximum Gasteiger partial charge on any atom is 0.310 e. The van der Waals surface area contributed by atoms with Gasteiger partial charge in [-0.1, -0.05) is 13.8 Å². The third kappa shape index (κ3) is 2.49. The molecule has 0 radical (unpaired) electrons. The van der Waals surface area contributed by atoms with E-state index in [9.17, 15) is 9.59 Å². The van der Waals surface area contributed by atoms with Crippen LogP contribution >= 0.6 is 0 Å². The van der Waals surface area contributed by atoms with E-state index in [1.54, 1.807) is 6.92 Å². The van der Waals surface area contributed by atoms with E-state index in [1.807, 2.05) is 27.7 Å². The quantitative estimate of drug-likeness (QED) is 0.792. The lowest BCUT2D eigenvalue weighted by Gasteiger charge is -2.49. The van der Waals surface area contributed by atoms with Crippen molar-refractivity contribution in [2.45, 2.75) is 47.6 Å². The fourth-order valence-electron chi connectivity index (χ4n) is 2.85. The molecule has 110 valence electrons. The number of oxazole rings is 1. The second-order valence-electron chi connectivity index (χ2n) is 6.13. The average molecular weight is 279 g/mol. The molecule has 1 fully saturated rings. The number of esters is 1. The van der Waals surface area contributed by atoms with Crippen LogP contribution < -0.4 is 0 Å². The predicted octanol–water partition coefficient (Wildman–Crippen LogP) is 2.59. The summed E-state index contributed by atoms with van der Waals surface area (Å²) in [6.07, 6.45) is 0.574. The number of hydrogen-bond donors (Lipinski definition) is 0. The van der Waals surface area contributed by atoms with Crippen LogP contribution in [0.4, 0.5) is 0 Å². The smallest absolute Gasteiger partial charge is 0.310 e. The minimum Gasteiger partial charge on any atom is -0.455 e. The zero-order valence-electron chi connectivity index (χ0n) is 12.6. The highest BCUT2D eigenvalue weighted by Gasteiger charge is 2.54. The molecule has 0 bridgehead atoms. The average Bonchev–Trinajstić information content (AvgIpc) is 2.64. The summed E-state index contributed by atoms with van der Waals surface area (Å²) in [5.41, 5.74) is 0.474. The summed E-state index contributed by atoms with van der Waals surface area (Å²) in [5, 5.41) is 0. The van der Waals surface area contributed by atoms with Crippen molar-refractivity contribution in [1.29, 1.82) is 0 Å². The fraction of sp³-hybridized carbons (Fsp3) is 0.667. The van der Waals surface area contributed by atoms with E-state index < -0.39 is 0 Å². The van der Waals surface area contributed by atoms with Crippen molar-refractivity contribution in [3.8, 4) is 0 Å². The predicted molar refractivity (Wildman–Crippen MR) is 71.8 cm³/mol. The maximum absolute atomic E-state index is 12.1. The van der Waals surface area contributed by atoms with Gasteiger partial charge in [-0.25, -0.2) is 4.98 Å². The standard InChI is InChI=1S/C15H21NO4/c1-8-10(3)20-13(16-8)7-19-14(18)12-6-11(9(2)17)15(12,4)5/h11-12H,6-7H2,1-5H3/t11-,12+/m0/s1. The Hall–Kier alpha value is -1.65. The lowest BCUT2D eigenvalue weighted by Crippen LogP contribution is -2.52. The monoisotopic (exact) mass is 279 g/mol. The van der Waals surface area contributed by atoms with E-state index in [0.29, 0.717) is 12.3 Å². The summed E-state index contributed by atoms with van der Waals surface area (Å²) in [5.74, 6) is 0.726. The molecule has 2 atom stereocenters. The van der Waals surface area contributed by atoms with Crippen molar-refractivity contribution in [2.75, 3.05) is 0 Å². The Labute approximate surface area is 118 Å². The molecule has 1 heterocycles. The Kier molecular flexibility index (Phi) is 3.71. The first-order valence-corrected chi connectivity index (χ1v) is 6.83. The fourth-order valence-corrected chi connectivity index (χ4v) is 2.85. The number of carbonyl (C=O) groups excluding carboxylic acids is 2. The Morgan fingerprint density at radius 2 is 2.00 bits per heavy atom. The zero-order valence-corrected chi connectivity index (χ0v) is 12.6. The van der Waals surface area contributed by atoms with Crippen LogP contribution in [0.25, 0.3) is 0 Å². The molecule has 0 aromatic carbocycles. The summed E-state index contributed by atoms with van der Waals surface area (Å²) in [4.78, 5) is 27.7. The summed E-state index contributed by atoms with van der Waals surface area (Å²) in [6, 6.07) is 0. The van der Waals surface area contributed by atoms with Gasteiger partial charge in [-0.05, 0) is 32.6 Å². The molecule has 0 spiro atoms. The van der Waals surface area contributed by atoms with Gasteiger partial charge in [0.1, 0.15) is 11.5 Å². The lowest BCUT2D eigenvalue weighted by atomic mass is 9.53. The number of carbonyl (C=O) groups is 2. The van der Waals surface area contributed by atoms with Crippen LogP contribution in [0.3, 0.4) is 0 Å². The van der Waals surface area contributed by atoms with Crippen LogP contribution in [0.1, 0.15) is 44.5 Å². The second kappa shape index (κ2) is 5.04. The highest BCUT2D eigenvalue weighted by molar-refractivity contribution is 5.84. The molecule has 1 aromatic rings. The Balaban J connectivity index is 1.92. The molecule has 2 rings (SSSR count). The maximum atomic E-state index is 12.1. The summed E-state index contributed by atoms with van der Waals surface area (Å²) in [7, 11) is 0. The second-order valence-corrected chi connectivity index (χ2v) is 6.13. The molecule has 5 nitrogen and oxygen atoms in total. The SMILES string of the molecule is CC(=O)[C@@H]1C[C@H](C(=O)OCc2nc(C)c(C)o2)C1(C)C. The summed E-state index contributed by atoms with van der Waals surface area (Å²) in [6.45, 7) is 9.16. The van der Waals surface area contributed by atoms with Gasteiger partial charge in [0.05, 0.1) is 11.6 Å². The van der Waals surface area contributed by atoms with Gasteiger partial charge in [-0.3, -0.25) is 9.59 Å². The Bertz CT molecular complexity index is 525. The molecule has 20 heavy (non-hydrogen) atoms. The van der Waals surface area contributed by atoms with Crippen molar-refractivity contribution in [2.24, 2.45) is 17.3 Å². The number of aromatic nitrogens is 1. The minimum atomic E-state index is -0.328. The number of rotatable bonds is 4. The van der Waals surface area contributed by atoms with Crippen molar-refractivity contribution in [1.82, 2.24) is 4.98 Å². The number of Topliss-reactive ketones (excluding diaryl/α,β-unsaturated/α-hetero) is 1. The number of aryl methyl sites for hydroxylation is 2. The van der Waals surface area contributed by atoms with Gasteiger partial charge in [-0.15, -0.1) is 0 Å². The first-order chi connectivity index (χ1) is 9.23.